The summed E-state index contributed by atoms with van der Waals surface area (Å²) in [4.78, 5) is 15.6. The maximum atomic E-state index is 11.4. The Kier molecular flexibility index (Phi) is 6.11. The molecule has 0 radical (unpaired) electrons. The molecule has 1 heterocycles. The Morgan fingerprint density at radius 3 is 1.63 bits per heavy atom. The van der Waals surface area contributed by atoms with Crippen molar-refractivity contribution in [3.63, 3.8) is 0 Å². The summed E-state index contributed by atoms with van der Waals surface area (Å²) in [5.41, 5.74) is 1.81. The number of benzene rings is 2. The molecule has 3 aromatic rings. The molecule has 0 fully saturated rings. The highest BCUT2D eigenvalue weighted by molar-refractivity contribution is 6.49. The number of hydrogen-bond acceptors (Lipinski definition) is 2. The van der Waals surface area contributed by atoms with Crippen molar-refractivity contribution in [2.45, 2.75) is 0 Å². The molecule has 0 atom stereocenters. The van der Waals surface area contributed by atoms with E-state index in [1.54, 1.807) is 30.3 Å². The molecule has 1 aromatic heterocycles. The number of nitrogens with zero attached hydrogens (tertiary/aromatic N) is 1. The van der Waals surface area contributed by atoms with Gasteiger partial charge in [0.15, 0.2) is 0 Å². The van der Waals surface area contributed by atoms with Crippen molar-refractivity contribution >= 4 is 75.6 Å². The predicted octanol–water partition coefficient (Wildman–Crippen LogP) is 8.03. The smallest absolute Gasteiger partial charge is 0.354 e. The van der Waals surface area contributed by atoms with Crippen LogP contribution in [0.15, 0.2) is 36.4 Å². The molecule has 1 N–H and O–H groups in total. The zero-order chi connectivity index (χ0) is 19.9. The van der Waals surface area contributed by atoms with E-state index in [0.29, 0.717) is 22.4 Å². The van der Waals surface area contributed by atoms with Gasteiger partial charge in [0.05, 0.1) is 35.8 Å². The fourth-order valence-electron chi connectivity index (χ4n) is 2.43. The normalized spacial score (nSPS) is 10.9. The summed E-state index contributed by atoms with van der Waals surface area (Å²) >= 11 is 36.5. The van der Waals surface area contributed by atoms with Crippen LogP contribution in [0, 0.1) is 0 Å². The number of aromatic nitrogens is 1. The summed E-state index contributed by atoms with van der Waals surface area (Å²) in [5.74, 6) is -1.18. The summed E-state index contributed by atoms with van der Waals surface area (Å²) < 4.78 is 0. The lowest BCUT2D eigenvalue weighted by molar-refractivity contribution is 0.0690. The zero-order valence-corrected chi connectivity index (χ0v) is 17.6. The second-order valence-corrected chi connectivity index (χ2v) is 7.79. The standard InChI is InChI=1S/C18H7Cl6NO2/c19-10-3-7(4-11(20)15(10)23)9-1-2-14(18(26)27)25-17(9)8-5-12(21)16(24)13(22)6-8/h1-6H,(H,26,27). The molecule has 0 saturated carbocycles. The van der Waals surface area contributed by atoms with Gasteiger partial charge in [-0.1, -0.05) is 69.6 Å². The molecular formula is C18H7Cl6NO2. The number of aromatic carboxylic acids is 1. The molecule has 0 spiro atoms. The maximum Gasteiger partial charge on any atom is 0.354 e. The van der Waals surface area contributed by atoms with E-state index < -0.39 is 5.97 Å². The molecule has 0 aliphatic rings. The van der Waals surface area contributed by atoms with E-state index in [1.165, 1.54) is 6.07 Å². The minimum atomic E-state index is -1.18. The Balaban J connectivity index is 2.32. The number of hydrogen-bond donors (Lipinski definition) is 1. The summed E-state index contributed by atoms with van der Waals surface area (Å²) in [6.07, 6.45) is 0. The van der Waals surface area contributed by atoms with Crippen molar-refractivity contribution in [3.8, 4) is 22.4 Å². The first-order valence-electron chi connectivity index (χ1n) is 7.23. The van der Waals surface area contributed by atoms with Crippen LogP contribution in [0.1, 0.15) is 10.5 Å². The summed E-state index contributed by atoms with van der Waals surface area (Å²) in [6, 6.07) is 9.28. The Morgan fingerprint density at radius 1 is 0.741 bits per heavy atom. The van der Waals surface area contributed by atoms with Gasteiger partial charge < -0.3 is 5.11 Å². The van der Waals surface area contributed by atoms with Gasteiger partial charge >= 0.3 is 5.97 Å². The highest BCUT2D eigenvalue weighted by Crippen LogP contribution is 2.40. The van der Waals surface area contributed by atoms with Gasteiger partial charge in [0.1, 0.15) is 5.69 Å². The van der Waals surface area contributed by atoms with Crippen molar-refractivity contribution in [3.05, 3.63) is 72.2 Å². The number of carboxylic acid groups (broad SMARTS) is 1. The Morgan fingerprint density at radius 2 is 1.19 bits per heavy atom. The number of halogens is 6. The van der Waals surface area contributed by atoms with Crippen LogP contribution in [0.2, 0.25) is 30.1 Å². The SMILES string of the molecule is O=C(O)c1ccc(-c2cc(Cl)c(Cl)c(Cl)c2)c(-c2cc(Cl)c(Cl)c(Cl)c2)n1. The Hall–Kier alpha value is -1.20. The lowest BCUT2D eigenvalue weighted by Crippen LogP contribution is -2.02. The van der Waals surface area contributed by atoms with Gasteiger partial charge in [-0.05, 0) is 42.0 Å². The minimum absolute atomic E-state index is 0.151. The van der Waals surface area contributed by atoms with Crippen LogP contribution < -0.4 is 0 Å². The predicted molar refractivity (Wildman–Crippen MR) is 112 cm³/mol. The van der Waals surface area contributed by atoms with E-state index in [-0.39, 0.29) is 35.8 Å². The van der Waals surface area contributed by atoms with Crippen molar-refractivity contribution in [1.29, 1.82) is 0 Å². The third-order valence-corrected chi connectivity index (χ3v) is 6.06. The molecule has 0 aliphatic carbocycles. The van der Waals surface area contributed by atoms with Gasteiger partial charge in [0.25, 0.3) is 0 Å². The summed E-state index contributed by atoms with van der Waals surface area (Å²) in [7, 11) is 0. The first kappa shape index (κ1) is 20.5. The zero-order valence-electron chi connectivity index (χ0n) is 13.0. The number of carboxylic acids is 1. The van der Waals surface area contributed by atoms with E-state index in [0.717, 1.165) is 0 Å². The Labute approximate surface area is 184 Å². The lowest BCUT2D eigenvalue weighted by atomic mass is 9.98. The quantitative estimate of drug-likeness (QED) is 0.385. The second kappa shape index (κ2) is 8.04. The summed E-state index contributed by atoms with van der Waals surface area (Å²) in [5, 5.41) is 10.6. The minimum Gasteiger partial charge on any atom is -0.477 e. The first-order valence-corrected chi connectivity index (χ1v) is 9.50. The monoisotopic (exact) mass is 479 g/mol. The molecule has 0 aliphatic heterocycles. The van der Waals surface area contributed by atoms with Crippen molar-refractivity contribution < 1.29 is 9.90 Å². The van der Waals surface area contributed by atoms with Crippen molar-refractivity contribution in [1.82, 2.24) is 4.98 Å². The van der Waals surface area contributed by atoms with Crippen LogP contribution >= 0.6 is 69.6 Å². The van der Waals surface area contributed by atoms with Crippen molar-refractivity contribution in [2.24, 2.45) is 0 Å². The molecule has 0 unspecified atom stereocenters. The Bertz CT molecular complexity index is 1040. The molecule has 3 nitrogen and oxygen atoms in total. The van der Waals surface area contributed by atoms with Gasteiger partial charge in [0.2, 0.25) is 0 Å². The first-order chi connectivity index (χ1) is 12.7. The number of pyridine rings is 1. The fraction of sp³-hybridized carbons (Fsp3) is 0. The van der Waals surface area contributed by atoms with Gasteiger partial charge in [0, 0.05) is 11.1 Å². The summed E-state index contributed by atoms with van der Waals surface area (Å²) in [6.45, 7) is 0. The molecule has 3 rings (SSSR count). The third-order valence-electron chi connectivity index (χ3n) is 3.67. The maximum absolute atomic E-state index is 11.4. The van der Waals surface area contributed by atoms with E-state index in [9.17, 15) is 9.90 Å². The van der Waals surface area contributed by atoms with Gasteiger partial charge in [-0.2, -0.15) is 0 Å². The van der Waals surface area contributed by atoms with Gasteiger partial charge in [-0.15, -0.1) is 0 Å². The third kappa shape index (κ3) is 4.14. The lowest BCUT2D eigenvalue weighted by Gasteiger charge is -2.13. The molecule has 0 saturated heterocycles. The largest absolute Gasteiger partial charge is 0.477 e. The molecule has 9 heteroatoms. The molecule has 0 amide bonds. The molecular weight excluding hydrogens is 475 g/mol. The van der Waals surface area contributed by atoms with Crippen LogP contribution in [0.3, 0.4) is 0 Å². The molecule has 27 heavy (non-hydrogen) atoms. The van der Waals surface area contributed by atoms with Crippen LogP contribution in [0.4, 0.5) is 0 Å². The fourth-order valence-corrected chi connectivity index (χ4v) is 3.63. The topological polar surface area (TPSA) is 50.2 Å². The molecule has 2 aromatic carbocycles. The highest BCUT2D eigenvalue weighted by Gasteiger charge is 2.18. The number of rotatable bonds is 3. The van der Waals surface area contributed by atoms with E-state index in [2.05, 4.69) is 4.98 Å². The van der Waals surface area contributed by atoms with Gasteiger partial charge in [-0.25, -0.2) is 9.78 Å². The van der Waals surface area contributed by atoms with E-state index in [4.69, 9.17) is 69.6 Å². The van der Waals surface area contributed by atoms with Gasteiger partial charge in [-0.3, -0.25) is 0 Å². The van der Waals surface area contributed by atoms with Crippen LogP contribution in [-0.4, -0.2) is 16.1 Å². The molecule has 138 valence electrons. The average molecular weight is 482 g/mol. The van der Waals surface area contributed by atoms with E-state index >= 15 is 0 Å². The van der Waals surface area contributed by atoms with Crippen LogP contribution in [0.25, 0.3) is 22.4 Å². The highest BCUT2D eigenvalue weighted by atomic mass is 35.5. The van der Waals surface area contributed by atoms with Crippen LogP contribution in [-0.2, 0) is 0 Å². The average Bonchev–Trinajstić information content (AvgIpc) is 2.62. The number of carbonyl (C=O) groups is 1. The second-order valence-electron chi connectivity index (χ2n) is 5.41. The van der Waals surface area contributed by atoms with Crippen LogP contribution in [0.5, 0.6) is 0 Å². The van der Waals surface area contributed by atoms with Crippen molar-refractivity contribution in [2.75, 3.05) is 0 Å². The van der Waals surface area contributed by atoms with E-state index in [1.807, 2.05) is 0 Å². The molecule has 0 bridgehead atoms.